The number of ether oxygens (including phenoxy) is 1. The summed E-state index contributed by atoms with van der Waals surface area (Å²) in [4.78, 5) is 26.0. The monoisotopic (exact) mass is 471 g/mol. The molecule has 4 rings (SSSR count). The topological polar surface area (TPSA) is 105 Å². The highest BCUT2D eigenvalue weighted by Gasteiger charge is 2.28. The van der Waals surface area contributed by atoms with E-state index in [1.54, 1.807) is 37.3 Å². The molecule has 2 aromatic rings. The lowest BCUT2D eigenvalue weighted by Crippen LogP contribution is -2.40. The van der Waals surface area contributed by atoms with Crippen molar-refractivity contribution in [1.82, 2.24) is 9.62 Å². The molecule has 2 aromatic carbocycles. The minimum Gasteiger partial charge on any atom is -0.379 e. The van der Waals surface area contributed by atoms with Crippen molar-refractivity contribution in [1.29, 1.82) is 0 Å². The standard InChI is InChI=1S/C24H29N3O5S/c1-17-10-11-19(33(30,31)27-12-14-32-15-13-27)16-21(17)24(29)26-22-9-5-4-8-20(22)23(28)25-18-6-2-3-7-18/h4-5,8-11,16,18H,2-3,6-7,12-15H2,1H3,(H,25,28)(H,26,29). The molecule has 176 valence electrons. The van der Waals surface area contributed by atoms with Gasteiger partial charge in [-0.15, -0.1) is 0 Å². The minimum absolute atomic E-state index is 0.0624. The van der Waals surface area contributed by atoms with E-state index in [2.05, 4.69) is 10.6 Å². The maximum absolute atomic E-state index is 13.1. The number of carbonyl (C=O) groups excluding carboxylic acids is 2. The average molecular weight is 472 g/mol. The number of anilines is 1. The van der Waals surface area contributed by atoms with E-state index in [0.717, 1.165) is 25.7 Å². The Morgan fingerprint density at radius 3 is 2.39 bits per heavy atom. The van der Waals surface area contributed by atoms with Crippen LogP contribution in [0.3, 0.4) is 0 Å². The van der Waals surface area contributed by atoms with Crippen molar-refractivity contribution in [2.24, 2.45) is 0 Å². The van der Waals surface area contributed by atoms with Crippen LogP contribution >= 0.6 is 0 Å². The lowest BCUT2D eigenvalue weighted by Gasteiger charge is -2.26. The molecule has 0 radical (unpaired) electrons. The summed E-state index contributed by atoms with van der Waals surface area (Å²) in [6.07, 6.45) is 4.13. The zero-order chi connectivity index (χ0) is 23.4. The Bertz CT molecular complexity index is 1140. The molecular formula is C24H29N3O5S. The first kappa shape index (κ1) is 23.4. The average Bonchev–Trinajstić information content (AvgIpc) is 3.33. The van der Waals surface area contributed by atoms with Crippen LogP contribution in [-0.4, -0.2) is 56.9 Å². The first-order valence-corrected chi connectivity index (χ1v) is 12.7. The number of benzene rings is 2. The summed E-state index contributed by atoms with van der Waals surface area (Å²) in [6.45, 7) is 3.00. The van der Waals surface area contributed by atoms with Crippen molar-refractivity contribution in [3.63, 3.8) is 0 Å². The van der Waals surface area contributed by atoms with Crippen LogP contribution < -0.4 is 10.6 Å². The number of hydrogen-bond donors (Lipinski definition) is 2. The second-order valence-corrected chi connectivity index (χ2v) is 10.4. The van der Waals surface area contributed by atoms with Gasteiger partial charge in [0.05, 0.1) is 29.4 Å². The maximum Gasteiger partial charge on any atom is 0.255 e. The molecule has 8 nitrogen and oxygen atoms in total. The van der Waals surface area contributed by atoms with Gasteiger partial charge >= 0.3 is 0 Å². The van der Waals surface area contributed by atoms with Gasteiger partial charge in [0, 0.05) is 24.7 Å². The molecule has 1 aliphatic heterocycles. The summed E-state index contributed by atoms with van der Waals surface area (Å²) in [7, 11) is -3.73. The Labute approximate surface area is 194 Å². The smallest absolute Gasteiger partial charge is 0.255 e. The highest BCUT2D eigenvalue weighted by Crippen LogP contribution is 2.24. The van der Waals surface area contributed by atoms with Gasteiger partial charge in [-0.1, -0.05) is 31.0 Å². The molecule has 0 unspecified atom stereocenters. The van der Waals surface area contributed by atoms with Crippen LogP contribution in [0.1, 0.15) is 52.0 Å². The van der Waals surface area contributed by atoms with Crippen LogP contribution in [0.4, 0.5) is 5.69 Å². The molecule has 33 heavy (non-hydrogen) atoms. The molecule has 0 bridgehead atoms. The fraction of sp³-hybridized carbons (Fsp3) is 0.417. The second-order valence-electron chi connectivity index (χ2n) is 8.45. The molecule has 1 saturated carbocycles. The third-order valence-electron chi connectivity index (χ3n) is 6.17. The van der Waals surface area contributed by atoms with E-state index < -0.39 is 15.9 Å². The summed E-state index contributed by atoms with van der Waals surface area (Å²) in [5, 5.41) is 5.84. The fourth-order valence-corrected chi connectivity index (χ4v) is 5.69. The molecule has 1 saturated heterocycles. The Morgan fingerprint density at radius 2 is 1.67 bits per heavy atom. The number of para-hydroxylation sites is 1. The highest BCUT2D eigenvalue weighted by molar-refractivity contribution is 7.89. The predicted molar refractivity (Wildman–Crippen MR) is 125 cm³/mol. The van der Waals surface area contributed by atoms with Crippen molar-refractivity contribution in [2.45, 2.75) is 43.5 Å². The van der Waals surface area contributed by atoms with Gasteiger partial charge in [-0.2, -0.15) is 4.31 Å². The second kappa shape index (κ2) is 10.0. The first-order chi connectivity index (χ1) is 15.9. The van der Waals surface area contributed by atoms with Gasteiger partial charge < -0.3 is 15.4 Å². The van der Waals surface area contributed by atoms with Crippen molar-refractivity contribution in [3.05, 3.63) is 59.2 Å². The predicted octanol–water partition coefficient (Wildman–Crippen LogP) is 2.94. The van der Waals surface area contributed by atoms with Crippen LogP contribution in [0.15, 0.2) is 47.4 Å². The number of nitrogens with zero attached hydrogens (tertiary/aromatic N) is 1. The maximum atomic E-state index is 13.1. The van der Waals surface area contributed by atoms with Gasteiger partial charge in [-0.25, -0.2) is 8.42 Å². The lowest BCUT2D eigenvalue weighted by molar-refractivity contribution is 0.0730. The lowest BCUT2D eigenvalue weighted by atomic mass is 10.1. The molecule has 1 heterocycles. The molecule has 2 N–H and O–H groups in total. The Morgan fingerprint density at radius 1 is 0.970 bits per heavy atom. The van der Waals surface area contributed by atoms with E-state index >= 15 is 0 Å². The number of nitrogens with one attached hydrogen (secondary N) is 2. The molecule has 0 spiro atoms. The van der Waals surface area contributed by atoms with Crippen LogP contribution in [0.5, 0.6) is 0 Å². The number of morpholine rings is 1. The van der Waals surface area contributed by atoms with Crippen molar-refractivity contribution < 1.29 is 22.7 Å². The quantitative estimate of drug-likeness (QED) is 0.674. The summed E-state index contributed by atoms with van der Waals surface area (Å²) >= 11 is 0. The normalized spacial score (nSPS) is 17.6. The van der Waals surface area contributed by atoms with E-state index in [0.29, 0.717) is 30.0 Å². The van der Waals surface area contributed by atoms with Crippen LogP contribution in [0, 0.1) is 6.92 Å². The third kappa shape index (κ3) is 5.26. The van der Waals surface area contributed by atoms with Gasteiger partial charge in [0.2, 0.25) is 10.0 Å². The van der Waals surface area contributed by atoms with E-state index in [-0.39, 0.29) is 35.5 Å². The first-order valence-electron chi connectivity index (χ1n) is 11.3. The summed E-state index contributed by atoms with van der Waals surface area (Å²) in [5.74, 6) is -0.689. The molecule has 2 amide bonds. The van der Waals surface area contributed by atoms with Gasteiger partial charge in [-0.05, 0) is 49.6 Å². The van der Waals surface area contributed by atoms with Gasteiger partial charge in [0.1, 0.15) is 0 Å². The van der Waals surface area contributed by atoms with Crippen molar-refractivity contribution in [3.8, 4) is 0 Å². The largest absolute Gasteiger partial charge is 0.379 e. The van der Waals surface area contributed by atoms with Gasteiger partial charge in [-0.3, -0.25) is 9.59 Å². The molecule has 1 aliphatic carbocycles. The molecule has 0 aromatic heterocycles. The molecule has 0 atom stereocenters. The fourth-order valence-electron chi connectivity index (χ4n) is 4.26. The molecule has 9 heteroatoms. The zero-order valence-corrected chi connectivity index (χ0v) is 19.5. The van der Waals surface area contributed by atoms with Gasteiger partial charge in [0.25, 0.3) is 11.8 Å². The molecular weight excluding hydrogens is 442 g/mol. The number of rotatable bonds is 6. The zero-order valence-electron chi connectivity index (χ0n) is 18.7. The van der Waals surface area contributed by atoms with Crippen LogP contribution in [0.2, 0.25) is 0 Å². The Hall–Kier alpha value is -2.75. The molecule has 2 aliphatic rings. The third-order valence-corrected chi connectivity index (χ3v) is 8.07. The van der Waals surface area contributed by atoms with Crippen LogP contribution in [0.25, 0.3) is 0 Å². The van der Waals surface area contributed by atoms with E-state index in [9.17, 15) is 18.0 Å². The van der Waals surface area contributed by atoms with Gasteiger partial charge in [0.15, 0.2) is 0 Å². The number of aryl methyl sites for hydroxylation is 1. The number of amides is 2. The minimum atomic E-state index is -3.73. The summed E-state index contributed by atoms with van der Waals surface area (Å²) < 4.78 is 32.7. The number of sulfonamides is 1. The van der Waals surface area contributed by atoms with E-state index in [1.165, 1.54) is 16.4 Å². The van der Waals surface area contributed by atoms with Crippen LogP contribution in [-0.2, 0) is 14.8 Å². The Kier molecular flexibility index (Phi) is 7.11. The SMILES string of the molecule is Cc1ccc(S(=O)(=O)N2CCOCC2)cc1C(=O)Nc1ccccc1C(=O)NC1CCCC1. The Balaban J connectivity index is 1.56. The number of hydrogen-bond acceptors (Lipinski definition) is 5. The summed E-state index contributed by atoms with van der Waals surface area (Å²) in [6, 6.07) is 11.5. The van der Waals surface area contributed by atoms with Crippen molar-refractivity contribution in [2.75, 3.05) is 31.6 Å². The molecule has 2 fully saturated rings. The van der Waals surface area contributed by atoms with E-state index in [4.69, 9.17) is 4.74 Å². The van der Waals surface area contributed by atoms with E-state index in [1.807, 2.05) is 0 Å². The summed E-state index contributed by atoms with van der Waals surface area (Å²) in [5.41, 5.74) is 1.66. The van der Waals surface area contributed by atoms with Crippen molar-refractivity contribution >= 4 is 27.5 Å². The number of carbonyl (C=O) groups is 2. The highest BCUT2D eigenvalue weighted by atomic mass is 32.2.